The Kier molecular flexibility index (Phi) is 6.38. The van der Waals surface area contributed by atoms with Gasteiger partial charge in [-0.3, -0.25) is 9.69 Å². The molecule has 0 aliphatic carbocycles. The van der Waals surface area contributed by atoms with Crippen molar-refractivity contribution in [2.45, 2.75) is 45.4 Å². The van der Waals surface area contributed by atoms with E-state index in [0.717, 1.165) is 35.4 Å². The van der Waals surface area contributed by atoms with Crippen LogP contribution in [0.25, 0.3) is 0 Å². The van der Waals surface area contributed by atoms with Gasteiger partial charge < -0.3 is 9.84 Å². The normalized spacial score (nSPS) is 17.4. The number of aryl methyl sites for hydroxylation is 2. The monoisotopic (exact) mass is 415 g/mol. The number of rotatable bonds is 7. The number of hydrogen-bond acceptors (Lipinski definition) is 3. The van der Waals surface area contributed by atoms with E-state index in [9.17, 15) is 9.90 Å². The van der Waals surface area contributed by atoms with Crippen LogP contribution in [0.4, 0.5) is 0 Å². The minimum absolute atomic E-state index is 0.123. The van der Waals surface area contributed by atoms with Gasteiger partial charge in [-0.2, -0.15) is 0 Å². The molecular weight excluding hydrogens is 386 g/mol. The number of likely N-dealkylation sites (tertiary alicyclic amines) is 1. The summed E-state index contributed by atoms with van der Waals surface area (Å²) in [7, 11) is 0. The van der Waals surface area contributed by atoms with Crippen LogP contribution in [0.2, 0.25) is 0 Å². The second kappa shape index (κ2) is 9.36. The van der Waals surface area contributed by atoms with Crippen molar-refractivity contribution in [1.29, 1.82) is 0 Å². The molecule has 4 nitrogen and oxygen atoms in total. The van der Waals surface area contributed by atoms with Crippen LogP contribution in [0.3, 0.4) is 0 Å². The van der Waals surface area contributed by atoms with Gasteiger partial charge in [-0.05, 0) is 55.5 Å². The highest BCUT2D eigenvalue weighted by Crippen LogP contribution is 2.37. The van der Waals surface area contributed by atoms with Gasteiger partial charge in [0.1, 0.15) is 18.4 Å². The van der Waals surface area contributed by atoms with E-state index in [1.54, 1.807) is 0 Å². The van der Waals surface area contributed by atoms with Crippen molar-refractivity contribution in [3.8, 4) is 5.75 Å². The highest BCUT2D eigenvalue weighted by atomic mass is 16.5. The number of carbonyl (C=O) groups is 1. The van der Waals surface area contributed by atoms with Crippen molar-refractivity contribution in [3.05, 3.63) is 101 Å². The summed E-state index contributed by atoms with van der Waals surface area (Å²) in [6, 6.07) is 24.1. The molecule has 2 unspecified atom stereocenters. The average Bonchev–Trinajstić information content (AvgIpc) is 3.23. The summed E-state index contributed by atoms with van der Waals surface area (Å²) >= 11 is 0. The van der Waals surface area contributed by atoms with Gasteiger partial charge in [0.15, 0.2) is 0 Å². The van der Waals surface area contributed by atoms with E-state index in [-0.39, 0.29) is 6.04 Å². The molecule has 3 aromatic rings. The number of carboxylic acids is 1. The lowest BCUT2D eigenvalue weighted by Gasteiger charge is -2.32. The van der Waals surface area contributed by atoms with Crippen molar-refractivity contribution in [3.63, 3.8) is 0 Å². The average molecular weight is 416 g/mol. The molecule has 0 bridgehead atoms. The third kappa shape index (κ3) is 4.97. The lowest BCUT2D eigenvalue weighted by Crippen LogP contribution is -2.39. The van der Waals surface area contributed by atoms with E-state index in [0.29, 0.717) is 13.0 Å². The van der Waals surface area contributed by atoms with Gasteiger partial charge in [-0.1, -0.05) is 71.8 Å². The second-order valence-corrected chi connectivity index (χ2v) is 8.40. The Bertz CT molecular complexity index is 1030. The molecule has 4 rings (SSSR count). The fourth-order valence-electron chi connectivity index (χ4n) is 4.62. The van der Waals surface area contributed by atoms with Crippen LogP contribution in [0.15, 0.2) is 72.8 Å². The van der Waals surface area contributed by atoms with E-state index < -0.39 is 12.0 Å². The summed E-state index contributed by atoms with van der Waals surface area (Å²) in [4.78, 5) is 14.1. The minimum atomic E-state index is -0.747. The maximum Gasteiger partial charge on any atom is 0.320 e. The van der Waals surface area contributed by atoms with Gasteiger partial charge in [-0.15, -0.1) is 0 Å². The first kappa shape index (κ1) is 21.1. The largest absolute Gasteiger partial charge is 0.489 e. The summed E-state index contributed by atoms with van der Waals surface area (Å²) in [6.07, 6.45) is 1.57. The van der Waals surface area contributed by atoms with Crippen LogP contribution in [0, 0.1) is 13.8 Å². The molecule has 31 heavy (non-hydrogen) atoms. The SMILES string of the molecule is Cc1cc(C)cc(C(c2cccc(OCc3ccccc3)c2)N2CCCC2C(=O)O)c1. The third-order valence-corrected chi connectivity index (χ3v) is 5.89. The Labute approximate surface area is 184 Å². The summed E-state index contributed by atoms with van der Waals surface area (Å²) in [5, 5.41) is 9.83. The Balaban J connectivity index is 1.69. The summed E-state index contributed by atoms with van der Waals surface area (Å²) in [5.74, 6) is 0.0464. The number of carboxylic acid groups (broad SMARTS) is 1. The molecule has 0 radical (unpaired) electrons. The smallest absolute Gasteiger partial charge is 0.320 e. The van der Waals surface area contributed by atoms with E-state index >= 15 is 0 Å². The highest BCUT2D eigenvalue weighted by Gasteiger charge is 2.37. The Morgan fingerprint density at radius 2 is 1.74 bits per heavy atom. The fourth-order valence-corrected chi connectivity index (χ4v) is 4.62. The Morgan fingerprint density at radius 3 is 2.45 bits per heavy atom. The maximum atomic E-state index is 12.0. The van der Waals surface area contributed by atoms with Gasteiger partial charge in [0.05, 0.1) is 6.04 Å². The molecule has 4 heteroatoms. The molecule has 0 saturated carbocycles. The first-order valence-corrected chi connectivity index (χ1v) is 10.8. The third-order valence-electron chi connectivity index (χ3n) is 5.89. The predicted molar refractivity (Wildman–Crippen MR) is 122 cm³/mol. The summed E-state index contributed by atoms with van der Waals surface area (Å²) < 4.78 is 6.07. The second-order valence-electron chi connectivity index (χ2n) is 8.40. The van der Waals surface area contributed by atoms with Gasteiger partial charge in [0.2, 0.25) is 0 Å². The quantitative estimate of drug-likeness (QED) is 0.552. The Hall–Kier alpha value is -3.11. The lowest BCUT2D eigenvalue weighted by molar-refractivity contribution is -0.142. The molecule has 1 N–H and O–H groups in total. The molecule has 1 aliphatic heterocycles. The summed E-state index contributed by atoms with van der Waals surface area (Å²) in [6.45, 7) is 5.45. The topological polar surface area (TPSA) is 49.8 Å². The highest BCUT2D eigenvalue weighted by molar-refractivity contribution is 5.74. The minimum Gasteiger partial charge on any atom is -0.489 e. The van der Waals surface area contributed by atoms with Crippen LogP contribution >= 0.6 is 0 Å². The van der Waals surface area contributed by atoms with Crippen LogP contribution in [-0.4, -0.2) is 28.6 Å². The van der Waals surface area contributed by atoms with E-state index in [1.165, 1.54) is 11.1 Å². The van der Waals surface area contributed by atoms with Gasteiger partial charge in [0, 0.05) is 6.54 Å². The van der Waals surface area contributed by atoms with Crippen molar-refractivity contribution in [2.24, 2.45) is 0 Å². The van der Waals surface area contributed by atoms with E-state index in [1.807, 2.05) is 42.5 Å². The Morgan fingerprint density at radius 1 is 1.00 bits per heavy atom. The first-order valence-electron chi connectivity index (χ1n) is 10.8. The standard InChI is InChI=1S/C27H29NO3/c1-19-14-20(2)16-23(15-19)26(28-13-7-12-25(28)27(29)30)22-10-6-11-24(17-22)31-18-21-8-4-3-5-9-21/h3-6,8-11,14-17,25-26H,7,12-13,18H2,1-2H3,(H,29,30). The number of hydrogen-bond donors (Lipinski definition) is 1. The van der Waals surface area contributed by atoms with Crippen LogP contribution in [-0.2, 0) is 11.4 Å². The van der Waals surface area contributed by atoms with Crippen molar-refractivity contribution in [2.75, 3.05) is 6.54 Å². The molecule has 0 amide bonds. The predicted octanol–water partition coefficient (Wildman–Crippen LogP) is 5.52. The molecule has 1 aliphatic rings. The summed E-state index contributed by atoms with van der Waals surface area (Å²) in [5.41, 5.74) is 5.67. The van der Waals surface area contributed by atoms with Crippen molar-refractivity contribution in [1.82, 2.24) is 4.90 Å². The molecular formula is C27H29NO3. The molecule has 3 aromatic carbocycles. The zero-order valence-corrected chi connectivity index (χ0v) is 18.1. The number of aliphatic carboxylic acids is 1. The molecule has 1 heterocycles. The lowest BCUT2D eigenvalue weighted by atomic mass is 9.93. The number of ether oxygens (including phenoxy) is 1. The van der Waals surface area contributed by atoms with E-state index in [4.69, 9.17) is 4.74 Å². The first-order chi connectivity index (χ1) is 15.0. The van der Waals surface area contributed by atoms with Crippen LogP contribution in [0.1, 0.15) is 46.7 Å². The number of benzene rings is 3. The van der Waals surface area contributed by atoms with Crippen molar-refractivity contribution >= 4 is 5.97 Å². The number of nitrogens with zero attached hydrogens (tertiary/aromatic N) is 1. The van der Waals surface area contributed by atoms with Crippen LogP contribution in [0.5, 0.6) is 5.75 Å². The molecule has 1 fully saturated rings. The zero-order chi connectivity index (χ0) is 21.8. The van der Waals surface area contributed by atoms with Gasteiger partial charge in [-0.25, -0.2) is 0 Å². The van der Waals surface area contributed by atoms with Gasteiger partial charge >= 0.3 is 5.97 Å². The fraction of sp³-hybridized carbons (Fsp3) is 0.296. The molecule has 160 valence electrons. The van der Waals surface area contributed by atoms with E-state index in [2.05, 4.69) is 49.1 Å². The maximum absolute atomic E-state index is 12.0. The zero-order valence-electron chi connectivity index (χ0n) is 18.1. The van der Waals surface area contributed by atoms with Crippen LogP contribution < -0.4 is 4.74 Å². The molecule has 1 saturated heterocycles. The van der Waals surface area contributed by atoms with Crippen molar-refractivity contribution < 1.29 is 14.6 Å². The molecule has 0 spiro atoms. The molecule has 2 atom stereocenters. The van der Waals surface area contributed by atoms with Gasteiger partial charge in [0.25, 0.3) is 0 Å². The molecule has 0 aromatic heterocycles.